The Bertz CT molecular complexity index is 1270. The lowest BCUT2D eigenvalue weighted by molar-refractivity contribution is -0.127. The molecule has 1 aromatic carbocycles. The SMILES string of the molecule is O=C(/C=C/c1ccc(N2CCCS2(=O)=O)cc1)N1CCCC(c2nnc3ccccn23)C1. The van der Waals surface area contributed by atoms with Gasteiger partial charge in [0.25, 0.3) is 0 Å². The molecule has 0 saturated carbocycles. The van der Waals surface area contributed by atoms with Gasteiger partial charge in [-0.2, -0.15) is 0 Å². The second-order valence-corrected chi connectivity index (χ2v) is 10.3. The number of anilines is 1. The molecule has 4 heterocycles. The summed E-state index contributed by atoms with van der Waals surface area (Å²) in [7, 11) is -3.19. The number of nitrogens with zero attached hydrogens (tertiary/aromatic N) is 5. The van der Waals surface area contributed by atoms with E-state index in [-0.39, 0.29) is 17.6 Å². The summed E-state index contributed by atoms with van der Waals surface area (Å²) in [5.74, 6) is 1.22. The van der Waals surface area contributed by atoms with E-state index in [9.17, 15) is 13.2 Å². The summed E-state index contributed by atoms with van der Waals surface area (Å²) in [6, 6.07) is 13.1. The number of aromatic nitrogens is 3. The van der Waals surface area contributed by atoms with Gasteiger partial charge in [0.05, 0.1) is 11.4 Å². The monoisotopic (exact) mass is 451 g/mol. The molecule has 5 rings (SSSR count). The molecule has 2 aliphatic rings. The number of likely N-dealkylation sites (tertiary alicyclic amines) is 1. The zero-order chi connectivity index (χ0) is 22.1. The van der Waals surface area contributed by atoms with Crippen molar-refractivity contribution in [2.75, 3.05) is 29.7 Å². The maximum atomic E-state index is 12.8. The summed E-state index contributed by atoms with van der Waals surface area (Å²) in [5, 5.41) is 8.61. The van der Waals surface area contributed by atoms with Crippen molar-refractivity contribution in [2.45, 2.75) is 25.2 Å². The molecular formula is C23H25N5O3S. The van der Waals surface area contributed by atoms with Crippen molar-refractivity contribution in [1.29, 1.82) is 0 Å². The van der Waals surface area contributed by atoms with Gasteiger partial charge in [-0.1, -0.05) is 18.2 Å². The largest absolute Gasteiger partial charge is 0.338 e. The van der Waals surface area contributed by atoms with Gasteiger partial charge in [-0.15, -0.1) is 10.2 Å². The third kappa shape index (κ3) is 4.00. The average Bonchev–Trinajstić information content (AvgIpc) is 3.40. The van der Waals surface area contributed by atoms with E-state index in [1.807, 2.05) is 45.8 Å². The van der Waals surface area contributed by atoms with Crippen LogP contribution in [0, 0.1) is 0 Å². The lowest BCUT2D eigenvalue weighted by Crippen LogP contribution is -2.38. The molecule has 3 aromatic rings. The number of fused-ring (bicyclic) bond motifs is 1. The van der Waals surface area contributed by atoms with Crippen LogP contribution in [0.25, 0.3) is 11.7 Å². The summed E-state index contributed by atoms with van der Waals surface area (Å²) in [6.45, 7) is 1.86. The predicted octanol–water partition coefficient (Wildman–Crippen LogP) is 2.69. The van der Waals surface area contributed by atoms with E-state index in [1.54, 1.807) is 24.3 Å². The van der Waals surface area contributed by atoms with E-state index in [1.165, 1.54) is 4.31 Å². The Kier molecular flexibility index (Phi) is 5.42. The van der Waals surface area contributed by atoms with E-state index < -0.39 is 10.0 Å². The van der Waals surface area contributed by atoms with E-state index in [0.29, 0.717) is 25.2 Å². The van der Waals surface area contributed by atoms with Gasteiger partial charge >= 0.3 is 0 Å². The van der Waals surface area contributed by atoms with Crippen LogP contribution in [0.1, 0.15) is 36.6 Å². The number of hydrogen-bond acceptors (Lipinski definition) is 5. The zero-order valence-electron chi connectivity index (χ0n) is 17.7. The number of hydrogen-bond donors (Lipinski definition) is 0. The Hall–Kier alpha value is -3.20. The van der Waals surface area contributed by atoms with Crippen LogP contribution in [0.5, 0.6) is 0 Å². The Morgan fingerprint density at radius 3 is 2.66 bits per heavy atom. The number of sulfonamides is 1. The molecule has 2 aliphatic heterocycles. The third-order valence-corrected chi connectivity index (χ3v) is 8.01. The molecule has 9 heteroatoms. The first kappa shape index (κ1) is 20.7. The quantitative estimate of drug-likeness (QED) is 0.569. The van der Waals surface area contributed by atoms with Crippen LogP contribution < -0.4 is 4.31 Å². The first-order valence-corrected chi connectivity index (χ1v) is 12.5. The van der Waals surface area contributed by atoms with Crippen molar-refractivity contribution in [1.82, 2.24) is 19.5 Å². The molecule has 0 spiro atoms. The van der Waals surface area contributed by atoms with Crippen molar-refractivity contribution >= 4 is 33.3 Å². The second-order valence-electron chi connectivity index (χ2n) is 8.28. The van der Waals surface area contributed by atoms with Crippen molar-refractivity contribution in [3.8, 4) is 0 Å². The standard InChI is InChI=1S/C23H25N5O3S/c29-22(12-9-18-7-10-20(11-8-18)28-15-4-16-32(28,30)31)26-13-3-5-19(17-26)23-25-24-21-6-1-2-14-27(21)23/h1-2,6-12,14,19H,3-5,13,15-17H2/b12-9+. The molecule has 0 radical (unpaired) electrons. The third-order valence-electron chi connectivity index (χ3n) is 6.14. The topological polar surface area (TPSA) is 87.9 Å². The van der Waals surface area contributed by atoms with E-state index in [4.69, 9.17) is 0 Å². The highest BCUT2D eigenvalue weighted by molar-refractivity contribution is 7.93. The number of carbonyl (C=O) groups is 1. The normalized spacial score (nSPS) is 20.9. The van der Waals surface area contributed by atoms with Crippen LogP contribution in [0.3, 0.4) is 0 Å². The van der Waals surface area contributed by atoms with Gasteiger partial charge in [0.2, 0.25) is 15.9 Å². The van der Waals surface area contributed by atoms with E-state index in [2.05, 4.69) is 10.2 Å². The number of piperidine rings is 1. The molecule has 0 aliphatic carbocycles. The fourth-order valence-electron chi connectivity index (χ4n) is 4.48. The number of amides is 1. The molecule has 32 heavy (non-hydrogen) atoms. The number of benzene rings is 1. The summed E-state index contributed by atoms with van der Waals surface area (Å²) < 4.78 is 27.6. The minimum Gasteiger partial charge on any atom is -0.338 e. The maximum absolute atomic E-state index is 12.8. The molecule has 1 unspecified atom stereocenters. The molecule has 1 atom stereocenters. The summed E-state index contributed by atoms with van der Waals surface area (Å²) in [5.41, 5.74) is 2.34. The molecule has 2 fully saturated rings. The van der Waals surface area contributed by atoms with Gasteiger partial charge in [0, 0.05) is 37.8 Å². The molecule has 8 nitrogen and oxygen atoms in total. The van der Waals surface area contributed by atoms with Gasteiger partial charge in [-0.05, 0) is 55.2 Å². The summed E-state index contributed by atoms with van der Waals surface area (Å²) >= 11 is 0. The lowest BCUT2D eigenvalue weighted by atomic mass is 9.97. The fraction of sp³-hybridized carbons (Fsp3) is 0.348. The average molecular weight is 452 g/mol. The van der Waals surface area contributed by atoms with Crippen LogP contribution in [0.4, 0.5) is 5.69 Å². The predicted molar refractivity (Wildman–Crippen MR) is 123 cm³/mol. The highest BCUT2D eigenvalue weighted by Gasteiger charge is 2.28. The van der Waals surface area contributed by atoms with Crippen LogP contribution >= 0.6 is 0 Å². The van der Waals surface area contributed by atoms with Crippen molar-refractivity contribution < 1.29 is 13.2 Å². The molecule has 166 valence electrons. The maximum Gasteiger partial charge on any atom is 0.246 e. The zero-order valence-corrected chi connectivity index (χ0v) is 18.5. The smallest absolute Gasteiger partial charge is 0.246 e. The Morgan fingerprint density at radius 1 is 1.03 bits per heavy atom. The van der Waals surface area contributed by atoms with Crippen LogP contribution in [0.2, 0.25) is 0 Å². The second kappa shape index (κ2) is 8.38. The Balaban J connectivity index is 1.25. The van der Waals surface area contributed by atoms with Gasteiger partial charge in [-0.25, -0.2) is 8.42 Å². The minimum absolute atomic E-state index is 0.0327. The number of carbonyl (C=O) groups excluding carboxylic acids is 1. The molecule has 1 amide bonds. The van der Waals surface area contributed by atoms with Gasteiger partial charge < -0.3 is 4.90 Å². The number of rotatable bonds is 4. The van der Waals surface area contributed by atoms with E-state index >= 15 is 0 Å². The Morgan fingerprint density at radius 2 is 1.88 bits per heavy atom. The first-order chi connectivity index (χ1) is 15.5. The Labute approximate surface area is 187 Å². The molecular weight excluding hydrogens is 426 g/mol. The van der Waals surface area contributed by atoms with Crippen LogP contribution in [0.15, 0.2) is 54.7 Å². The fourth-order valence-corrected chi connectivity index (χ4v) is 6.04. The number of pyridine rings is 1. The first-order valence-electron chi connectivity index (χ1n) is 10.9. The molecule has 2 saturated heterocycles. The van der Waals surface area contributed by atoms with E-state index in [0.717, 1.165) is 36.4 Å². The lowest BCUT2D eigenvalue weighted by Gasteiger charge is -2.31. The molecule has 0 N–H and O–H groups in total. The van der Waals surface area contributed by atoms with Crippen molar-refractivity contribution in [3.05, 3.63) is 66.1 Å². The van der Waals surface area contributed by atoms with Gasteiger partial charge in [-0.3, -0.25) is 13.5 Å². The van der Waals surface area contributed by atoms with Crippen molar-refractivity contribution in [2.24, 2.45) is 0 Å². The van der Waals surface area contributed by atoms with Crippen molar-refractivity contribution in [3.63, 3.8) is 0 Å². The summed E-state index contributed by atoms with van der Waals surface area (Å²) in [4.78, 5) is 14.7. The minimum atomic E-state index is -3.19. The highest BCUT2D eigenvalue weighted by Crippen LogP contribution is 2.27. The highest BCUT2D eigenvalue weighted by atomic mass is 32.2. The van der Waals surface area contributed by atoms with Crippen LogP contribution in [-0.4, -0.2) is 59.2 Å². The van der Waals surface area contributed by atoms with Gasteiger partial charge in [0.1, 0.15) is 5.82 Å². The van der Waals surface area contributed by atoms with Crippen LogP contribution in [-0.2, 0) is 14.8 Å². The molecule has 2 aromatic heterocycles. The molecule has 0 bridgehead atoms. The summed E-state index contributed by atoms with van der Waals surface area (Å²) in [6.07, 6.45) is 7.88. The van der Waals surface area contributed by atoms with Gasteiger partial charge in [0.15, 0.2) is 5.65 Å².